The van der Waals surface area contributed by atoms with E-state index in [2.05, 4.69) is 47.1 Å². The second-order valence-electron chi connectivity index (χ2n) is 7.11. The number of amidine groups is 1. The van der Waals surface area contributed by atoms with Gasteiger partial charge in [-0.25, -0.2) is 4.98 Å². The molecule has 0 atom stereocenters. The van der Waals surface area contributed by atoms with E-state index in [4.69, 9.17) is 5.41 Å². The van der Waals surface area contributed by atoms with Crippen LogP contribution in [0.2, 0.25) is 0 Å². The first kappa shape index (κ1) is 17.0. The Morgan fingerprint density at radius 3 is 2.79 bits per heavy atom. The van der Waals surface area contributed by atoms with E-state index in [1.807, 2.05) is 29.2 Å². The van der Waals surface area contributed by atoms with Gasteiger partial charge in [0.25, 0.3) is 0 Å². The number of para-hydroxylation sites is 2. The van der Waals surface area contributed by atoms with E-state index < -0.39 is 0 Å². The lowest BCUT2D eigenvalue weighted by Crippen LogP contribution is -2.28. The van der Waals surface area contributed by atoms with Crippen LogP contribution in [0.15, 0.2) is 60.5 Å². The highest BCUT2D eigenvalue weighted by Crippen LogP contribution is 2.33. The molecule has 1 aliphatic rings. The molecule has 0 unspecified atom stereocenters. The average molecular weight is 388 g/mol. The lowest BCUT2D eigenvalue weighted by atomic mass is 10.1. The Bertz CT molecular complexity index is 1220. The van der Waals surface area contributed by atoms with Gasteiger partial charge in [-0.3, -0.25) is 5.41 Å². The topological polar surface area (TPSA) is 65.1 Å². The first-order valence-corrected chi connectivity index (χ1v) is 10.1. The summed E-state index contributed by atoms with van der Waals surface area (Å²) in [4.78, 5) is 6.55. The van der Waals surface area contributed by atoms with E-state index in [-0.39, 0.29) is 5.76 Å². The van der Waals surface area contributed by atoms with Crippen LogP contribution in [0.4, 0.5) is 0 Å². The fourth-order valence-electron chi connectivity index (χ4n) is 3.91. The van der Waals surface area contributed by atoms with Gasteiger partial charge in [0.05, 0.1) is 22.3 Å². The molecule has 0 saturated carbocycles. The van der Waals surface area contributed by atoms with Crippen LogP contribution < -0.4 is 0 Å². The molecule has 0 fully saturated rings. The van der Waals surface area contributed by atoms with Crippen molar-refractivity contribution in [3.8, 4) is 0 Å². The Hall–Kier alpha value is -3.12. The highest BCUT2D eigenvalue weighted by Gasteiger charge is 2.30. The van der Waals surface area contributed by atoms with E-state index in [1.54, 1.807) is 0 Å². The van der Waals surface area contributed by atoms with Gasteiger partial charge in [0.1, 0.15) is 16.6 Å². The minimum absolute atomic E-state index is 0.238. The van der Waals surface area contributed by atoms with Crippen molar-refractivity contribution in [3.05, 3.63) is 71.1 Å². The SMILES string of the molecule is Cn1cc(CCN2CC(O)=C(c3nc4ccccc4s3)C2=N)c2ccccc21. The second kappa shape index (κ2) is 6.49. The molecule has 1 aliphatic heterocycles. The number of aromatic nitrogens is 2. The molecule has 0 saturated heterocycles. The van der Waals surface area contributed by atoms with E-state index >= 15 is 0 Å². The molecule has 140 valence electrons. The Morgan fingerprint density at radius 1 is 1.14 bits per heavy atom. The van der Waals surface area contributed by atoms with Crippen molar-refractivity contribution >= 4 is 43.9 Å². The highest BCUT2D eigenvalue weighted by molar-refractivity contribution is 7.19. The van der Waals surface area contributed by atoms with Gasteiger partial charge in [0.2, 0.25) is 0 Å². The lowest BCUT2D eigenvalue weighted by molar-refractivity contribution is 0.351. The number of fused-ring (bicyclic) bond motifs is 2. The fourth-order valence-corrected chi connectivity index (χ4v) is 4.94. The van der Waals surface area contributed by atoms with Crippen LogP contribution in [0.1, 0.15) is 10.6 Å². The van der Waals surface area contributed by atoms with Gasteiger partial charge in [-0.1, -0.05) is 30.3 Å². The van der Waals surface area contributed by atoms with E-state index in [9.17, 15) is 5.11 Å². The fraction of sp³-hybridized carbons (Fsp3) is 0.182. The van der Waals surface area contributed by atoms with Gasteiger partial charge in [-0.05, 0) is 30.2 Å². The molecule has 2 aromatic heterocycles. The van der Waals surface area contributed by atoms with Gasteiger partial charge in [0, 0.05) is 30.7 Å². The monoisotopic (exact) mass is 388 g/mol. The number of aryl methyl sites for hydroxylation is 1. The number of nitrogens with zero attached hydrogens (tertiary/aromatic N) is 3. The van der Waals surface area contributed by atoms with Crippen molar-refractivity contribution in [2.45, 2.75) is 6.42 Å². The minimum atomic E-state index is 0.238. The third-order valence-electron chi connectivity index (χ3n) is 5.32. The maximum atomic E-state index is 10.5. The van der Waals surface area contributed by atoms with Crippen LogP contribution in [0, 0.1) is 5.41 Å². The molecule has 0 radical (unpaired) electrons. The van der Waals surface area contributed by atoms with Crippen molar-refractivity contribution in [1.82, 2.24) is 14.5 Å². The molecule has 5 rings (SSSR count). The Labute approximate surface area is 166 Å². The number of rotatable bonds is 4. The molecule has 6 heteroatoms. The van der Waals surface area contributed by atoms with E-state index in [1.165, 1.54) is 27.8 Å². The Balaban J connectivity index is 1.37. The van der Waals surface area contributed by atoms with Crippen LogP contribution in [0.25, 0.3) is 26.7 Å². The molecular weight excluding hydrogens is 368 g/mol. The van der Waals surface area contributed by atoms with Crippen molar-refractivity contribution in [1.29, 1.82) is 5.41 Å². The van der Waals surface area contributed by atoms with Crippen LogP contribution in [-0.4, -0.2) is 38.5 Å². The van der Waals surface area contributed by atoms with Gasteiger partial charge < -0.3 is 14.6 Å². The van der Waals surface area contributed by atoms with E-state index in [0.717, 1.165) is 21.6 Å². The number of hydrogen-bond donors (Lipinski definition) is 2. The number of thiazole rings is 1. The molecule has 3 heterocycles. The van der Waals surface area contributed by atoms with Crippen LogP contribution >= 0.6 is 11.3 Å². The summed E-state index contributed by atoms with van der Waals surface area (Å²) in [5, 5.41) is 21.1. The summed E-state index contributed by atoms with van der Waals surface area (Å²) < 4.78 is 3.21. The van der Waals surface area contributed by atoms with Gasteiger partial charge in [-0.2, -0.15) is 0 Å². The highest BCUT2D eigenvalue weighted by atomic mass is 32.1. The summed E-state index contributed by atoms with van der Waals surface area (Å²) in [6.07, 6.45) is 2.98. The molecule has 0 aliphatic carbocycles. The number of hydrogen-bond acceptors (Lipinski definition) is 4. The van der Waals surface area contributed by atoms with Crippen LogP contribution in [0.5, 0.6) is 0 Å². The minimum Gasteiger partial charge on any atom is -0.510 e. The second-order valence-corrected chi connectivity index (χ2v) is 8.14. The largest absolute Gasteiger partial charge is 0.510 e. The molecule has 0 bridgehead atoms. The lowest BCUT2D eigenvalue weighted by Gasteiger charge is -2.18. The van der Waals surface area contributed by atoms with Gasteiger partial charge >= 0.3 is 0 Å². The van der Waals surface area contributed by atoms with Crippen molar-refractivity contribution in [2.75, 3.05) is 13.1 Å². The average Bonchev–Trinajstić information content (AvgIpc) is 3.34. The number of aliphatic hydroxyl groups is 1. The van der Waals surface area contributed by atoms with Crippen molar-refractivity contribution in [3.63, 3.8) is 0 Å². The normalized spacial score (nSPS) is 14.8. The number of nitrogens with one attached hydrogen (secondary N) is 1. The Kier molecular flexibility index (Phi) is 3.94. The standard InChI is InChI=1S/C22H20N4OS/c1-25-12-14(15-6-2-4-8-17(15)25)10-11-26-13-18(27)20(21(26)23)22-24-16-7-3-5-9-19(16)28-22/h2-9,12,23,27H,10-11,13H2,1H3. The third-order valence-corrected chi connectivity index (χ3v) is 6.37. The summed E-state index contributed by atoms with van der Waals surface area (Å²) >= 11 is 1.52. The summed E-state index contributed by atoms with van der Waals surface area (Å²) in [7, 11) is 2.06. The zero-order valence-corrected chi connectivity index (χ0v) is 16.3. The summed E-state index contributed by atoms with van der Waals surface area (Å²) in [6, 6.07) is 16.3. The first-order valence-electron chi connectivity index (χ1n) is 9.26. The summed E-state index contributed by atoms with van der Waals surface area (Å²) in [5.74, 6) is 0.596. The predicted octanol–water partition coefficient (Wildman–Crippen LogP) is 4.59. The quantitative estimate of drug-likeness (QED) is 0.537. The van der Waals surface area contributed by atoms with Gasteiger partial charge in [-0.15, -0.1) is 11.3 Å². The maximum Gasteiger partial charge on any atom is 0.135 e. The smallest absolute Gasteiger partial charge is 0.135 e. The van der Waals surface area contributed by atoms with Gasteiger partial charge in [0.15, 0.2) is 0 Å². The zero-order valence-electron chi connectivity index (χ0n) is 15.5. The molecule has 2 N–H and O–H groups in total. The number of aliphatic hydroxyl groups excluding tert-OH is 1. The molecule has 5 nitrogen and oxygen atoms in total. The number of benzene rings is 2. The predicted molar refractivity (Wildman–Crippen MR) is 115 cm³/mol. The van der Waals surface area contributed by atoms with Crippen LogP contribution in [0.3, 0.4) is 0 Å². The van der Waals surface area contributed by atoms with Crippen molar-refractivity contribution < 1.29 is 5.11 Å². The molecule has 0 amide bonds. The Morgan fingerprint density at radius 2 is 1.93 bits per heavy atom. The zero-order chi connectivity index (χ0) is 19.3. The molecule has 28 heavy (non-hydrogen) atoms. The van der Waals surface area contributed by atoms with Crippen LogP contribution in [-0.2, 0) is 13.5 Å². The van der Waals surface area contributed by atoms with Crippen molar-refractivity contribution in [2.24, 2.45) is 7.05 Å². The maximum absolute atomic E-state index is 10.5. The summed E-state index contributed by atoms with van der Waals surface area (Å²) in [5.41, 5.74) is 3.95. The first-order chi connectivity index (χ1) is 13.6. The third kappa shape index (κ3) is 2.68. The summed E-state index contributed by atoms with van der Waals surface area (Å²) in [6.45, 7) is 1.06. The molecule has 2 aromatic carbocycles. The molecule has 0 spiro atoms. The van der Waals surface area contributed by atoms with E-state index in [0.29, 0.717) is 24.5 Å². The molecule has 4 aromatic rings. The molecular formula is C22H20N4OS.